The lowest BCUT2D eigenvalue weighted by molar-refractivity contribution is -0.136. The molecule has 1 atom stereocenters. The van der Waals surface area contributed by atoms with Crippen molar-refractivity contribution in [2.24, 2.45) is 0 Å². The van der Waals surface area contributed by atoms with Gasteiger partial charge in [-0.3, -0.25) is 9.36 Å². The van der Waals surface area contributed by atoms with Crippen molar-refractivity contribution >= 4 is 40.4 Å². The first-order valence-electron chi connectivity index (χ1n) is 7.33. The third kappa shape index (κ3) is 3.12. The molecule has 1 aromatic heterocycles. The SMILES string of the molecule is CCC(Sc1nc2ccccc2n1-c1ccc(Cl)cc1F)C(=O)O. The molecule has 0 aliphatic carbocycles. The molecule has 1 unspecified atom stereocenters. The monoisotopic (exact) mass is 364 g/mol. The van der Waals surface area contributed by atoms with Gasteiger partial charge in [0, 0.05) is 5.02 Å². The molecule has 7 heteroatoms. The van der Waals surface area contributed by atoms with E-state index in [1.54, 1.807) is 23.6 Å². The molecule has 2 aromatic carbocycles. The lowest BCUT2D eigenvalue weighted by atomic mass is 10.2. The van der Waals surface area contributed by atoms with Gasteiger partial charge in [-0.25, -0.2) is 9.37 Å². The van der Waals surface area contributed by atoms with Crippen molar-refractivity contribution in [3.63, 3.8) is 0 Å². The second-order valence-electron chi connectivity index (χ2n) is 5.17. The van der Waals surface area contributed by atoms with Crippen LogP contribution in [0.1, 0.15) is 13.3 Å². The maximum absolute atomic E-state index is 14.4. The number of rotatable bonds is 5. The summed E-state index contributed by atoms with van der Waals surface area (Å²) in [6.07, 6.45) is 0.437. The minimum absolute atomic E-state index is 0.288. The van der Waals surface area contributed by atoms with E-state index in [0.29, 0.717) is 27.6 Å². The Bertz CT molecular complexity index is 913. The summed E-state index contributed by atoms with van der Waals surface area (Å²) >= 11 is 6.95. The highest BCUT2D eigenvalue weighted by atomic mass is 35.5. The van der Waals surface area contributed by atoms with Crippen LogP contribution in [0.15, 0.2) is 47.6 Å². The van der Waals surface area contributed by atoms with Crippen molar-refractivity contribution < 1.29 is 14.3 Å². The minimum atomic E-state index is -0.919. The standard InChI is InChI=1S/C17H14ClFN2O2S/c1-2-15(16(22)23)24-17-20-12-5-3-4-6-14(12)21(17)13-8-7-10(18)9-11(13)19/h3-9,15H,2H2,1H3,(H,22,23). The first-order valence-corrected chi connectivity index (χ1v) is 8.59. The average molecular weight is 365 g/mol. The van der Waals surface area contributed by atoms with Crippen LogP contribution in [0.4, 0.5) is 4.39 Å². The van der Waals surface area contributed by atoms with Gasteiger partial charge in [0.1, 0.15) is 11.1 Å². The molecule has 0 saturated carbocycles. The number of fused-ring (bicyclic) bond motifs is 1. The molecule has 0 amide bonds. The molecule has 1 heterocycles. The zero-order valence-electron chi connectivity index (χ0n) is 12.7. The van der Waals surface area contributed by atoms with Crippen LogP contribution in [0.2, 0.25) is 5.02 Å². The molecular formula is C17H14ClFN2O2S. The van der Waals surface area contributed by atoms with Crippen molar-refractivity contribution in [1.82, 2.24) is 9.55 Å². The summed E-state index contributed by atoms with van der Waals surface area (Å²) < 4.78 is 16.1. The Labute approximate surface area is 147 Å². The number of hydrogen-bond acceptors (Lipinski definition) is 3. The number of nitrogens with zero attached hydrogens (tertiary/aromatic N) is 2. The fourth-order valence-electron chi connectivity index (χ4n) is 2.41. The van der Waals surface area contributed by atoms with E-state index in [1.807, 2.05) is 24.3 Å². The third-order valence-electron chi connectivity index (χ3n) is 3.57. The zero-order valence-corrected chi connectivity index (χ0v) is 14.3. The van der Waals surface area contributed by atoms with Crippen molar-refractivity contribution in [1.29, 1.82) is 0 Å². The summed E-state index contributed by atoms with van der Waals surface area (Å²) in [5.74, 6) is -1.41. The van der Waals surface area contributed by atoms with Crippen LogP contribution in [0, 0.1) is 5.82 Å². The van der Waals surface area contributed by atoms with E-state index in [1.165, 1.54) is 6.07 Å². The van der Waals surface area contributed by atoms with Crippen LogP contribution in [0.5, 0.6) is 0 Å². The smallest absolute Gasteiger partial charge is 0.317 e. The molecule has 0 aliphatic rings. The molecule has 124 valence electrons. The van der Waals surface area contributed by atoms with E-state index in [0.717, 1.165) is 11.8 Å². The van der Waals surface area contributed by atoms with Crippen LogP contribution in [-0.2, 0) is 4.79 Å². The van der Waals surface area contributed by atoms with E-state index < -0.39 is 17.0 Å². The van der Waals surface area contributed by atoms with Crippen LogP contribution >= 0.6 is 23.4 Å². The maximum Gasteiger partial charge on any atom is 0.317 e. The summed E-state index contributed by atoms with van der Waals surface area (Å²) in [7, 11) is 0. The normalized spacial score (nSPS) is 12.5. The maximum atomic E-state index is 14.4. The van der Waals surface area contributed by atoms with Gasteiger partial charge in [0.2, 0.25) is 0 Å². The van der Waals surface area contributed by atoms with Crippen LogP contribution in [0.25, 0.3) is 16.7 Å². The summed E-state index contributed by atoms with van der Waals surface area (Å²) in [4.78, 5) is 15.8. The molecular weight excluding hydrogens is 351 g/mol. The highest BCUT2D eigenvalue weighted by Crippen LogP contribution is 2.33. The molecule has 24 heavy (non-hydrogen) atoms. The first kappa shape index (κ1) is 16.8. The Kier molecular flexibility index (Phi) is 4.78. The molecule has 0 fully saturated rings. The Balaban J connectivity index is 2.20. The molecule has 3 aromatic rings. The highest BCUT2D eigenvalue weighted by molar-refractivity contribution is 8.00. The fourth-order valence-corrected chi connectivity index (χ4v) is 3.55. The van der Waals surface area contributed by atoms with Crippen molar-refractivity contribution in [3.05, 3.63) is 53.3 Å². The molecule has 0 radical (unpaired) electrons. The largest absolute Gasteiger partial charge is 0.480 e. The van der Waals surface area contributed by atoms with Gasteiger partial charge in [-0.05, 0) is 36.8 Å². The summed E-state index contributed by atoms with van der Waals surface area (Å²) in [6, 6.07) is 11.7. The van der Waals surface area contributed by atoms with Gasteiger partial charge in [0.05, 0.1) is 16.7 Å². The molecule has 0 bridgehead atoms. The van der Waals surface area contributed by atoms with E-state index in [9.17, 15) is 14.3 Å². The van der Waals surface area contributed by atoms with Gasteiger partial charge in [-0.15, -0.1) is 0 Å². The minimum Gasteiger partial charge on any atom is -0.480 e. The average Bonchev–Trinajstić information content (AvgIpc) is 2.90. The van der Waals surface area contributed by atoms with Gasteiger partial charge in [0.15, 0.2) is 5.16 Å². The Hall–Kier alpha value is -2.05. The topological polar surface area (TPSA) is 55.1 Å². The molecule has 0 aliphatic heterocycles. The third-order valence-corrected chi connectivity index (χ3v) is 5.11. The molecule has 4 nitrogen and oxygen atoms in total. The van der Waals surface area contributed by atoms with Crippen LogP contribution < -0.4 is 0 Å². The molecule has 0 saturated heterocycles. The molecule has 3 rings (SSSR count). The van der Waals surface area contributed by atoms with E-state index in [4.69, 9.17) is 11.6 Å². The lowest BCUT2D eigenvalue weighted by Gasteiger charge is -2.13. The predicted octanol–water partition coefficient (Wildman–Crippen LogP) is 4.77. The van der Waals surface area contributed by atoms with Crippen molar-refractivity contribution in [2.45, 2.75) is 23.8 Å². The summed E-state index contributed by atoms with van der Waals surface area (Å²) in [6.45, 7) is 1.79. The van der Waals surface area contributed by atoms with Gasteiger partial charge < -0.3 is 5.11 Å². The number of para-hydroxylation sites is 2. The Morgan fingerprint density at radius 3 is 2.79 bits per heavy atom. The van der Waals surface area contributed by atoms with E-state index >= 15 is 0 Å². The number of aliphatic carboxylic acids is 1. The molecule has 1 N–H and O–H groups in total. The number of carbonyl (C=O) groups is 1. The summed E-state index contributed by atoms with van der Waals surface area (Å²) in [5, 5.41) is 9.39. The number of benzene rings is 2. The van der Waals surface area contributed by atoms with Crippen molar-refractivity contribution in [2.75, 3.05) is 0 Å². The molecule has 0 spiro atoms. The fraction of sp³-hybridized carbons (Fsp3) is 0.176. The lowest BCUT2D eigenvalue weighted by Crippen LogP contribution is -2.16. The first-order chi connectivity index (χ1) is 11.5. The summed E-state index contributed by atoms with van der Waals surface area (Å²) in [5.41, 5.74) is 1.67. The number of aromatic nitrogens is 2. The van der Waals surface area contributed by atoms with Gasteiger partial charge in [0.25, 0.3) is 0 Å². The van der Waals surface area contributed by atoms with Gasteiger partial charge >= 0.3 is 5.97 Å². The van der Waals surface area contributed by atoms with E-state index in [-0.39, 0.29) is 5.69 Å². The Morgan fingerprint density at radius 2 is 2.12 bits per heavy atom. The number of thioether (sulfide) groups is 1. The van der Waals surface area contributed by atoms with Crippen LogP contribution in [-0.4, -0.2) is 25.9 Å². The second-order valence-corrected chi connectivity index (χ2v) is 6.77. The quantitative estimate of drug-likeness (QED) is 0.662. The number of hydrogen-bond donors (Lipinski definition) is 1. The predicted molar refractivity (Wildman–Crippen MR) is 93.6 cm³/mol. The second kappa shape index (κ2) is 6.83. The Morgan fingerprint density at radius 1 is 1.38 bits per heavy atom. The highest BCUT2D eigenvalue weighted by Gasteiger charge is 2.23. The number of imidazole rings is 1. The van der Waals surface area contributed by atoms with Crippen molar-refractivity contribution in [3.8, 4) is 5.69 Å². The number of halogens is 2. The van der Waals surface area contributed by atoms with Crippen LogP contribution in [0.3, 0.4) is 0 Å². The zero-order chi connectivity index (χ0) is 17.3. The number of carboxylic acid groups (broad SMARTS) is 1. The van der Waals surface area contributed by atoms with Gasteiger partial charge in [-0.1, -0.05) is 42.4 Å². The van der Waals surface area contributed by atoms with Gasteiger partial charge in [-0.2, -0.15) is 0 Å². The number of carboxylic acids is 1. The van der Waals surface area contributed by atoms with E-state index in [2.05, 4.69) is 4.98 Å².